The number of carbonyl (C=O) groups is 1. The van der Waals surface area contributed by atoms with Gasteiger partial charge in [0.25, 0.3) is 0 Å². The zero-order valence-corrected chi connectivity index (χ0v) is 18.1. The Hall–Kier alpha value is -2.58. The van der Waals surface area contributed by atoms with E-state index in [0.29, 0.717) is 17.9 Å². The number of nitrogens with zero attached hydrogens (tertiary/aromatic N) is 3. The smallest absolute Gasteiger partial charge is 0.413 e. The lowest BCUT2D eigenvalue weighted by atomic mass is 10.0. The summed E-state index contributed by atoms with van der Waals surface area (Å²) in [4.78, 5) is 22.7. The van der Waals surface area contributed by atoms with Crippen molar-refractivity contribution in [2.75, 3.05) is 6.67 Å². The Kier molecular flexibility index (Phi) is 6.10. The van der Waals surface area contributed by atoms with E-state index in [1.807, 2.05) is 24.3 Å². The van der Waals surface area contributed by atoms with E-state index in [-0.39, 0.29) is 0 Å². The zero-order chi connectivity index (χ0) is 22.1. The molecular weight excluding hydrogens is 387 g/mol. The van der Waals surface area contributed by atoms with Crippen LogP contribution < -0.4 is 5.73 Å². The van der Waals surface area contributed by atoms with E-state index >= 15 is 0 Å². The van der Waals surface area contributed by atoms with E-state index in [2.05, 4.69) is 9.97 Å². The normalized spacial score (nSPS) is 21.0. The Balaban J connectivity index is 1.84. The first-order valence-electron chi connectivity index (χ1n) is 9.93. The van der Waals surface area contributed by atoms with Crippen LogP contribution in [0.3, 0.4) is 0 Å². The predicted molar refractivity (Wildman–Crippen MR) is 111 cm³/mol. The molecule has 0 radical (unpaired) electrons. The first-order valence-corrected chi connectivity index (χ1v) is 9.93. The molecule has 0 spiro atoms. The fourth-order valence-electron chi connectivity index (χ4n) is 3.54. The number of nitrogens with two attached hydrogens (primary N) is 1. The number of amides is 1. The summed E-state index contributed by atoms with van der Waals surface area (Å²) in [5.41, 5.74) is 6.93. The molecule has 1 aliphatic heterocycles. The second-order valence-electron chi connectivity index (χ2n) is 8.78. The number of hydrogen-bond donors (Lipinski definition) is 1. The number of alkyl halides is 1. The third-order valence-corrected chi connectivity index (χ3v) is 4.87. The topological polar surface area (TPSA) is 90.6 Å². The quantitative estimate of drug-likeness (QED) is 0.811. The van der Waals surface area contributed by atoms with Crippen LogP contribution in [-0.2, 0) is 16.0 Å². The Morgan fingerprint density at radius 3 is 2.40 bits per heavy atom. The number of carbonyl (C=O) groups excluding carboxylic acids is 1. The molecule has 0 unspecified atom stereocenters. The maximum atomic E-state index is 14.1. The van der Waals surface area contributed by atoms with Gasteiger partial charge < -0.3 is 15.2 Å². The summed E-state index contributed by atoms with van der Waals surface area (Å²) in [5.74, 6) is 0. The molecule has 2 atom stereocenters. The zero-order valence-electron chi connectivity index (χ0n) is 18.1. The fraction of sp³-hybridized carbons (Fsp3) is 0.500. The molecule has 1 aliphatic rings. The van der Waals surface area contributed by atoms with Crippen molar-refractivity contribution in [3.8, 4) is 11.3 Å². The van der Waals surface area contributed by atoms with E-state index < -0.39 is 36.2 Å². The summed E-state index contributed by atoms with van der Waals surface area (Å²) in [7, 11) is 0. The molecule has 1 amide bonds. The lowest BCUT2D eigenvalue weighted by molar-refractivity contribution is -0.0797. The minimum absolute atomic E-state index is 0.333. The van der Waals surface area contributed by atoms with Gasteiger partial charge >= 0.3 is 6.09 Å². The summed E-state index contributed by atoms with van der Waals surface area (Å²) in [6.07, 6.45) is 2.10. The second-order valence-corrected chi connectivity index (χ2v) is 8.78. The number of hydrogen-bond acceptors (Lipinski definition) is 6. The maximum absolute atomic E-state index is 14.1. The number of aromatic nitrogens is 2. The molecule has 2 heterocycles. The number of halogens is 1. The molecule has 162 valence electrons. The molecule has 1 fully saturated rings. The van der Waals surface area contributed by atoms with Gasteiger partial charge in [0.2, 0.25) is 0 Å². The molecule has 30 heavy (non-hydrogen) atoms. The van der Waals surface area contributed by atoms with Gasteiger partial charge in [0, 0.05) is 12.1 Å². The van der Waals surface area contributed by atoms with Crippen molar-refractivity contribution in [2.24, 2.45) is 5.73 Å². The van der Waals surface area contributed by atoms with Gasteiger partial charge in [0.1, 0.15) is 24.1 Å². The van der Waals surface area contributed by atoms with E-state index in [0.717, 1.165) is 11.1 Å². The Morgan fingerprint density at radius 1 is 1.23 bits per heavy atom. The largest absolute Gasteiger partial charge is 0.444 e. The summed E-state index contributed by atoms with van der Waals surface area (Å²) in [6.45, 7) is 8.39. The summed E-state index contributed by atoms with van der Waals surface area (Å²) in [5, 5.41) is 0. The highest BCUT2D eigenvalue weighted by Gasteiger charge is 2.51. The highest BCUT2D eigenvalue weighted by molar-refractivity contribution is 5.70. The molecule has 7 nitrogen and oxygen atoms in total. The first kappa shape index (κ1) is 22.1. The average Bonchev–Trinajstić information content (AvgIpc) is 2.97. The van der Waals surface area contributed by atoms with Crippen LogP contribution in [0.25, 0.3) is 11.3 Å². The lowest BCUT2D eigenvalue weighted by Crippen LogP contribution is -2.50. The van der Waals surface area contributed by atoms with Gasteiger partial charge in [-0.15, -0.1) is 0 Å². The Bertz CT molecular complexity index is 879. The van der Waals surface area contributed by atoms with Crippen molar-refractivity contribution >= 4 is 6.09 Å². The molecule has 0 aliphatic carbocycles. The first-order chi connectivity index (χ1) is 14.1. The molecule has 1 saturated heterocycles. The fourth-order valence-corrected chi connectivity index (χ4v) is 3.54. The van der Waals surface area contributed by atoms with Gasteiger partial charge in [-0.2, -0.15) is 0 Å². The molecule has 1 aromatic carbocycles. The minimum atomic E-state index is -1.01. The third-order valence-electron chi connectivity index (χ3n) is 4.87. The molecule has 2 N–H and O–H groups in total. The van der Waals surface area contributed by atoms with Crippen LogP contribution in [0.15, 0.2) is 36.7 Å². The second kappa shape index (κ2) is 8.28. The minimum Gasteiger partial charge on any atom is -0.444 e. The van der Waals surface area contributed by atoms with Crippen LogP contribution >= 0.6 is 0 Å². The van der Waals surface area contributed by atoms with Crippen molar-refractivity contribution in [3.05, 3.63) is 47.9 Å². The van der Waals surface area contributed by atoms with Crippen LogP contribution in [0, 0.1) is 0 Å². The van der Waals surface area contributed by atoms with Crippen molar-refractivity contribution < 1.29 is 18.7 Å². The SMILES string of the molecule is CC(C)(C)OC(=O)N1[C@H](CF)[C@@H](c2ccc(-c3cnc(CN)cn3)cc2)OC1(C)C. The molecule has 2 aromatic rings. The van der Waals surface area contributed by atoms with E-state index in [1.165, 1.54) is 4.90 Å². The predicted octanol–water partition coefficient (Wildman–Crippen LogP) is 3.98. The Labute approximate surface area is 176 Å². The van der Waals surface area contributed by atoms with Gasteiger partial charge in [-0.1, -0.05) is 24.3 Å². The number of benzene rings is 1. The third kappa shape index (κ3) is 4.60. The van der Waals surface area contributed by atoms with Crippen molar-refractivity contribution in [1.29, 1.82) is 0 Å². The molecule has 8 heteroatoms. The van der Waals surface area contributed by atoms with Crippen LogP contribution in [0.2, 0.25) is 0 Å². The number of rotatable bonds is 4. The average molecular weight is 416 g/mol. The van der Waals surface area contributed by atoms with Gasteiger partial charge in [-0.25, -0.2) is 9.18 Å². The molecule has 3 rings (SSSR count). The summed E-state index contributed by atoms with van der Waals surface area (Å²) < 4.78 is 25.7. The van der Waals surface area contributed by atoms with Gasteiger partial charge in [0.05, 0.1) is 29.8 Å². The molecule has 1 aromatic heterocycles. The van der Waals surface area contributed by atoms with Gasteiger partial charge in [-0.05, 0) is 40.2 Å². The Morgan fingerprint density at radius 2 is 1.90 bits per heavy atom. The lowest BCUT2D eigenvalue weighted by Gasteiger charge is -2.34. The van der Waals surface area contributed by atoms with E-state index in [4.69, 9.17) is 15.2 Å². The van der Waals surface area contributed by atoms with Crippen LogP contribution in [0.4, 0.5) is 9.18 Å². The van der Waals surface area contributed by atoms with Gasteiger partial charge in [0.15, 0.2) is 0 Å². The van der Waals surface area contributed by atoms with Crippen molar-refractivity contribution in [3.63, 3.8) is 0 Å². The molecular formula is C22H29FN4O3. The van der Waals surface area contributed by atoms with E-state index in [9.17, 15) is 9.18 Å². The highest BCUT2D eigenvalue weighted by Crippen LogP contribution is 2.42. The number of ether oxygens (including phenoxy) is 2. The van der Waals surface area contributed by atoms with Crippen molar-refractivity contribution in [1.82, 2.24) is 14.9 Å². The van der Waals surface area contributed by atoms with E-state index in [1.54, 1.807) is 47.0 Å². The van der Waals surface area contributed by atoms with Crippen molar-refractivity contribution in [2.45, 2.75) is 64.6 Å². The molecule has 0 saturated carbocycles. The standard InChI is InChI=1S/C22H29FN4O3/c1-21(2,3)30-20(28)27-18(10-23)19(29-22(27,4)5)15-8-6-14(7-9-15)17-13-25-16(11-24)12-26-17/h6-9,12-13,18-19H,10-11,24H2,1-5H3/t18-,19-/m1/s1. The van der Waals surface area contributed by atoms with Crippen LogP contribution in [0.1, 0.15) is 52.0 Å². The van der Waals surface area contributed by atoms with Crippen LogP contribution in [0.5, 0.6) is 0 Å². The molecule has 0 bridgehead atoms. The van der Waals surface area contributed by atoms with Gasteiger partial charge in [-0.3, -0.25) is 14.9 Å². The monoisotopic (exact) mass is 416 g/mol. The van der Waals surface area contributed by atoms with Crippen LogP contribution in [-0.4, -0.2) is 45.0 Å². The summed E-state index contributed by atoms with van der Waals surface area (Å²) in [6, 6.07) is 6.68. The summed E-state index contributed by atoms with van der Waals surface area (Å²) >= 11 is 0. The maximum Gasteiger partial charge on any atom is 0.413 e. The highest BCUT2D eigenvalue weighted by atomic mass is 19.1.